The fourth-order valence-corrected chi connectivity index (χ4v) is 5.85. The number of Topliss-reactive ketones (excluding diaryl/α,β-unsaturated/α-hetero) is 1. The Labute approximate surface area is 128 Å². The van der Waals surface area contributed by atoms with Crippen LogP contribution in [0.2, 0.25) is 0 Å². The molecule has 5 atom stereocenters. The maximum atomic E-state index is 12.4. The van der Waals surface area contributed by atoms with Crippen LogP contribution in [0.1, 0.15) is 52.4 Å². The van der Waals surface area contributed by atoms with Gasteiger partial charge in [-0.1, -0.05) is 44.2 Å². The standard InChI is InChI=1S/C20H26O/c1-13-8-10-19(2)14(12-13)4-5-15-16-6-7-18(21)20(16,3)11-9-17(15)19/h4-5,12,15-17H,1,6-11H2,2-3H3/t15-,16-,17-,19-,20-/m0/s1. The fourth-order valence-electron chi connectivity index (χ4n) is 5.85. The van der Waals surface area contributed by atoms with Crippen LogP contribution in [0, 0.1) is 28.6 Å². The van der Waals surface area contributed by atoms with Gasteiger partial charge in [0.15, 0.2) is 0 Å². The SMILES string of the molecule is C=C1C=C2C=C[C@@H]3[C@H](CC[C@]4(C)C(=O)CC[C@@H]34)[C@@]2(C)CC1. The molecule has 0 heterocycles. The molecule has 2 saturated carbocycles. The van der Waals surface area contributed by atoms with E-state index < -0.39 is 0 Å². The van der Waals surface area contributed by atoms with Crippen LogP contribution < -0.4 is 0 Å². The molecule has 4 aliphatic carbocycles. The first-order valence-corrected chi connectivity index (χ1v) is 8.57. The molecule has 0 bridgehead atoms. The molecule has 0 unspecified atom stereocenters. The Morgan fingerprint density at radius 3 is 2.67 bits per heavy atom. The van der Waals surface area contributed by atoms with Gasteiger partial charge in [0, 0.05) is 11.8 Å². The summed E-state index contributed by atoms with van der Waals surface area (Å²) in [5.41, 5.74) is 3.06. The van der Waals surface area contributed by atoms with Crippen LogP contribution in [0.15, 0.2) is 36.0 Å². The summed E-state index contributed by atoms with van der Waals surface area (Å²) in [7, 11) is 0. The molecule has 112 valence electrons. The van der Waals surface area contributed by atoms with E-state index in [9.17, 15) is 4.79 Å². The van der Waals surface area contributed by atoms with Crippen molar-refractivity contribution in [3.8, 4) is 0 Å². The van der Waals surface area contributed by atoms with Gasteiger partial charge in [0.05, 0.1) is 0 Å². The van der Waals surface area contributed by atoms with Crippen molar-refractivity contribution in [2.75, 3.05) is 0 Å². The van der Waals surface area contributed by atoms with Gasteiger partial charge in [-0.25, -0.2) is 0 Å². The highest BCUT2D eigenvalue weighted by Crippen LogP contribution is 2.62. The maximum absolute atomic E-state index is 12.4. The molecular formula is C20H26O. The Morgan fingerprint density at radius 1 is 1.10 bits per heavy atom. The molecule has 0 aromatic carbocycles. The highest BCUT2D eigenvalue weighted by molar-refractivity contribution is 5.87. The van der Waals surface area contributed by atoms with Crippen LogP contribution in [0.5, 0.6) is 0 Å². The Morgan fingerprint density at radius 2 is 1.86 bits per heavy atom. The Balaban J connectivity index is 1.77. The van der Waals surface area contributed by atoms with Crippen LogP contribution in [0.4, 0.5) is 0 Å². The van der Waals surface area contributed by atoms with E-state index in [1.807, 2.05) is 0 Å². The third kappa shape index (κ3) is 1.67. The minimum absolute atomic E-state index is 0.0264. The van der Waals surface area contributed by atoms with Crippen molar-refractivity contribution in [1.82, 2.24) is 0 Å². The summed E-state index contributed by atoms with van der Waals surface area (Å²) in [5.74, 6) is 2.46. The van der Waals surface area contributed by atoms with Crippen LogP contribution in [0.25, 0.3) is 0 Å². The molecule has 0 saturated heterocycles. The number of fused-ring (bicyclic) bond motifs is 5. The highest BCUT2D eigenvalue weighted by Gasteiger charge is 2.57. The van der Waals surface area contributed by atoms with E-state index in [0.717, 1.165) is 31.6 Å². The van der Waals surface area contributed by atoms with Gasteiger partial charge in [-0.2, -0.15) is 0 Å². The molecule has 0 amide bonds. The van der Waals surface area contributed by atoms with Gasteiger partial charge in [-0.15, -0.1) is 0 Å². The maximum Gasteiger partial charge on any atom is 0.139 e. The second-order valence-corrected chi connectivity index (χ2v) is 8.24. The van der Waals surface area contributed by atoms with Crippen molar-refractivity contribution in [2.24, 2.45) is 28.6 Å². The van der Waals surface area contributed by atoms with Crippen molar-refractivity contribution in [2.45, 2.75) is 52.4 Å². The quantitative estimate of drug-likeness (QED) is 0.620. The van der Waals surface area contributed by atoms with Crippen molar-refractivity contribution in [1.29, 1.82) is 0 Å². The predicted octanol–water partition coefficient (Wildman–Crippen LogP) is 4.85. The summed E-state index contributed by atoms with van der Waals surface area (Å²) < 4.78 is 0. The molecule has 2 fully saturated rings. The second kappa shape index (κ2) is 4.21. The summed E-state index contributed by atoms with van der Waals surface area (Å²) in [6.07, 6.45) is 13.8. The van der Waals surface area contributed by atoms with E-state index in [4.69, 9.17) is 0 Å². The largest absolute Gasteiger partial charge is 0.299 e. The number of hydrogen-bond donors (Lipinski definition) is 0. The first kappa shape index (κ1) is 13.5. The number of rotatable bonds is 0. The minimum atomic E-state index is -0.0264. The average Bonchev–Trinajstić information content (AvgIpc) is 2.76. The Kier molecular flexibility index (Phi) is 2.72. The summed E-state index contributed by atoms with van der Waals surface area (Å²) in [4.78, 5) is 12.4. The van der Waals surface area contributed by atoms with Crippen LogP contribution in [-0.2, 0) is 4.79 Å². The predicted molar refractivity (Wildman–Crippen MR) is 85.8 cm³/mol. The monoisotopic (exact) mass is 282 g/mol. The zero-order valence-electron chi connectivity index (χ0n) is 13.3. The zero-order chi connectivity index (χ0) is 14.8. The molecular weight excluding hydrogens is 256 g/mol. The van der Waals surface area contributed by atoms with Gasteiger partial charge in [0.1, 0.15) is 5.78 Å². The lowest BCUT2D eigenvalue weighted by Gasteiger charge is -2.54. The number of hydrogen-bond acceptors (Lipinski definition) is 1. The Hall–Kier alpha value is -1.11. The third-order valence-corrected chi connectivity index (χ3v) is 7.34. The first-order valence-electron chi connectivity index (χ1n) is 8.57. The van der Waals surface area contributed by atoms with Gasteiger partial charge in [-0.05, 0) is 60.8 Å². The summed E-state index contributed by atoms with van der Waals surface area (Å²) in [6, 6.07) is 0. The van der Waals surface area contributed by atoms with Crippen LogP contribution >= 0.6 is 0 Å². The molecule has 4 rings (SSSR count). The van der Waals surface area contributed by atoms with E-state index in [1.54, 1.807) is 0 Å². The number of ketones is 1. The van der Waals surface area contributed by atoms with Crippen LogP contribution in [0.3, 0.4) is 0 Å². The minimum Gasteiger partial charge on any atom is -0.299 e. The average molecular weight is 282 g/mol. The molecule has 21 heavy (non-hydrogen) atoms. The lowest BCUT2D eigenvalue weighted by molar-refractivity contribution is -0.130. The number of carbonyl (C=O) groups is 1. The molecule has 1 nitrogen and oxygen atoms in total. The van der Waals surface area contributed by atoms with E-state index >= 15 is 0 Å². The summed E-state index contributed by atoms with van der Waals surface area (Å²) in [5, 5.41) is 0. The van der Waals surface area contributed by atoms with Gasteiger partial charge >= 0.3 is 0 Å². The van der Waals surface area contributed by atoms with Crippen LogP contribution in [-0.4, -0.2) is 5.78 Å². The summed E-state index contributed by atoms with van der Waals surface area (Å²) >= 11 is 0. The molecule has 0 radical (unpaired) electrons. The van der Waals surface area contributed by atoms with Crippen molar-refractivity contribution >= 4 is 5.78 Å². The van der Waals surface area contributed by atoms with Gasteiger partial charge in [0.25, 0.3) is 0 Å². The van der Waals surface area contributed by atoms with E-state index in [2.05, 4.69) is 38.7 Å². The van der Waals surface area contributed by atoms with Crippen molar-refractivity contribution < 1.29 is 4.79 Å². The molecule has 0 aliphatic heterocycles. The van der Waals surface area contributed by atoms with Gasteiger partial charge in [0.2, 0.25) is 0 Å². The van der Waals surface area contributed by atoms with Crippen molar-refractivity contribution in [3.05, 3.63) is 36.0 Å². The van der Waals surface area contributed by atoms with E-state index in [-0.39, 0.29) is 5.41 Å². The summed E-state index contributed by atoms with van der Waals surface area (Å²) in [6.45, 7) is 8.87. The molecule has 0 aromatic heterocycles. The molecule has 0 aromatic rings. The van der Waals surface area contributed by atoms with Gasteiger partial charge < -0.3 is 0 Å². The van der Waals surface area contributed by atoms with E-state index in [1.165, 1.54) is 24.0 Å². The topological polar surface area (TPSA) is 17.1 Å². The zero-order valence-corrected chi connectivity index (χ0v) is 13.3. The highest BCUT2D eigenvalue weighted by atomic mass is 16.1. The smallest absolute Gasteiger partial charge is 0.139 e. The van der Waals surface area contributed by atoms with Crippen molar-refractivity contribution in [3.63, 3.8) is 0 Å². The molecule has 1 heteroatoms. The normalized spacial score (nSPS) is 48.5. The lowest BCUT2D eigenvalue weighted by atomic mass is 9.49. The van der Waals surface area contributed by atoms with E-state index in [0.29, 0.717) is 23.0 Å². The second-order valence-electron chi connectivity index (χ2n) is 8.24. The molecule has 4 aliphatic rings. The number of carbonyl (C=O) groups excluding carboxylic acids is 1. The molecule has 0 N–H and O–H groups in total. The van der Waals surface area contributed by atoms with Gasteiger partial charge in [-0.3, -0.25) is 4.79 Å². The molecule has 0 spiro atoms. The fraction of sp³-hybridized carbons (Fsp3) is 0.650. The number of allylic oxidation sites excluding steroid dienone is 5. The Bertz CT molecular complexity index is 581. The third-order valence-electron chi connectivity index (χ3n) is 7.34. The first-order chi connectivity index (χ1) is 9.95. The lowest BCUT2D eigenvalue weighted by Crippen LogP contribution is -2.48.